The molecule has 4 fully saturated rings. The lowest BCUT2D eigenvalue weighted by atomic mass is 9.85. The Bertz CT molecular complexity index is 1850. The number of carbonyl (C=O) groups excluding carboxylic acids is 5. The van der Waals surface area contributed by atoms with Crippen molar-refractivity contribution in [1.29, 1.82) is 0 Å². The summed E-state index contributed by atoms with van der Waals surface area (Å²) in [7, 11) is -3.84. The number of nitrogens with one attached hydrogen (secondary N) is 2. The van der Waals surface area contributed by atoms with Gasteiger partial charge in [0.05, 0.1) is 36.4 Å². The van der Waals surface area contributed by atoms with Crippen molar-refractivity contribution in [3.8, 4) is 0 Å². The van der Waals surface area contributed by atoms with Crippen molar-refractivity contribution in [2.45, 2.75) is 127 Å². The van der Waals surface area contributed by atoms with Gasteiger partial charge in [0.25, 0.3) is 0 Å². The zero-order valence-corrected chi connectivity index (χ0v) is 33.2. The van der Waals surface area contributed by atoms with Crippen molar-refractivity contribution in [3.05, 3.63) is 41.5 Å². The molecule has 54 heavy (non-hydrogen) atoms. The maximum atomic E-state index is 14.6. The van der Waals surface area contributed by atoms with E-state index in [9.17, 15) is 32.4 Å². The summed E-state index contributed by atoms with van der Waals surface area (Å²) in [5, 5.41) is 2.19. The number of thioether (sulfide) groups is 1. The summed E-state index contributed by atoms with van der Waals surface area (Å²) in [5.41, 5.74) is -0.0339. The number of amides is 4. The molecule has 1 saturated heterocycles. The van der Waals surface area contributed by atoms with Crippen LogP contribution in [-0.2, 0) is 47.0 Å². The number of hydrogen-bond acceptors (Lipinski definition) is 10. The molecule has 1 aromatic carbocycles. The van der Waals surface area contributed by atoms with Crippen LogP contribution in [0, 0.1) is 22.2 Å². The molecular formula is C39H52N4O9S2. The van der Waals surface area contributed by atoms with Gasteiger partial charge in [-0.05, 0) is 67.1 Å². The van der Waals surface area contributed by atoms with Crippen LogP contribution in [0.2, 0.25) is 0 Å². The molecule has 1 spiro atoms. The summed E-state index contributed by atoms with van der Waals surface area (Å²) in [4.78, 5) is 73.6. The van der Waals surface area contributed by atoms with Crippen molar-refractivity contribution in [1.82, 2.24) is 19.8 Å². The van der Waals surface area contributed by atoms with Gasteiger partial charge in [-0.1, -0.05) is 58.4 Å². The molecule has 294 valence electrons. The molecule has 4 amide bonds. The molecule has 3 aliphatic carbocycles. The molecule has 3 heterocycles. The van der Waals surface area contributed by atoms with E-state index >= 15 is 0 Å². The summed E-state index contributed by atoms with van der Waals surface area (Å²) in [5.74, 6) is -1.07. The first kappa shape index (κ1) is 38.7. The third-order valence-electron chi connectivity index (χ3n) is 12.1. The van der Waals surface area contributed by atoms with E-state index in [0.717, 1.165) is 41.0 Å². The molecule has 3 saturated carbocycles. The van der Waals surface area contributed by atoms with Gasteiger partial charge in [0.15, 0.2) is 5.78 Å². The van der Waals surface area contributed by atoms with Crippen LogP contribution in [0.1, 0.15) is 96.6 Å². The highest BCUT2D eigenvalue weighted by Crippen LogP contribution is 2.58. The SMILES string of the molecule is CC[C@H]1C[C@@]1(CC(=O)C1C[C@@H]2CN1C(=O)[C@H](C(C)(C)C)NC(=O)OCC1(C/C=C/CSc3cccc4c3CN(C4)C(=O)O2)CC1)C(=O)NS(=O)(=O)C1CC1. The van der Waals surface area contributed by atoms with Gasteiger partial charge in [0, 0.05) is 35.4 Å². The second kappa shape index (κ2) is 14.5. The van der Waals surface area contributed by atoms with Crippen LogP contribution in [0.15, 0.2) is 35.2 Å². The van der Waals surface area contributed by atoms with E-state index in [1.165, 1.54) is 4.90 Å². The second-order valence-electron chi connectivity index (χ2n) is 17.3. The van der Waals surface area contributed by atoms with E-state index < -0.39 is 74.1 Å². The minimum absolute atomic E-state index is 0.00321. The fraction of sp³-hybridized carbons (Fsp3) is 0.667. The minimum Gasteiger partial charge on any atom is -0.449 e. The first-order valence-corrected chi connectivity index (χ1v) is 21.7. The van der Waals surface area contributed by atoms with Crippen LogP contribution in [0.3, 0.4) is 0 Å². The lowest BCUT2D eigenvalue weighted by Gasteiger charge is -2.35. The lowest BCUT2D eigenvalue weighted by molar-refractivity contribution is -0.142. The number of ketones is 1. The normalized spacial score (nSPS) is 30.5. The number of cyclic esters (lactones) is 1. The zero-order chi connectivity index (χ0) is 38.6. The predicted octanol–water partition coefficient (Wildman–Crippen LogP) is 5.07. The van der Waals surface area contributed by atoms with E-state index in [0.29, 0.717) is 38.8 Å². The molecule has 0 aromatic heterocycles. The molecule has 13 nitrogen and oxygen atoms in total. The van der Waals surface area contributed by atoms with Gasteiger partial charge in [-0.2, -0.15) is 0 Å². The van der Waals surface area contributed by atoms with Crippen LogP contribution in [0.5, 0.6) is 0 Å². The monoisotopic (exact) mass is 784 g/mol. The number of alkyl carbamates (subject to hydrolysis) is 1. The summed E-state index contributed by atoms with van der Waals surface area (Å²) in [6, 6.07) is 3.88. The Balaban J connectivity index is 1.16. The average Bonchev–Trinajstić information content (AvgIpc) is 4.07. The molecule has 2 N–H and O–H groups in total. The summed E-state index contributed by atoms with van der Waals surface area (Å²) < 4.78 is 39.5. The van der Waals surface area contributed by atoms with E-state index in [1.807, 2.05) is 39.8 Å². The van der Waals surface area contributed by atoms with Crippen LogP contribution >= 0.6 is 11.8 Å². The Morgan fingerprint density at radius 2 is 1.85 bits per heavy atom. The van der Waals surface area contributed by atoms with Gasteiger partial charge in [0.2, 0.25) is 21.8 Å². The molecular weight excluding hydrogens is 733 g/mol. The number of Topliss-reactive ketones (excluding diaryl/α,β-unsaturated/α-hetero) is 1. The third-order valence-corrected chi connectivity index (χ3v) is 15.0. The van der Waals surface area contributed by atoms with Gasteiger partial charge in [0.1, 0.15) is 12.1 Å². The molecule has 4 bridgehead atoms. The number of fused-ring (bicyclic) bond motifs is 3. The maximum absolute atomic E-state index is 14.6. The van der Waals surface area contributed by atoms with Crippen LogP contribution in [0.4, 0.5) is 9.59 Å². The van der Waals surface area contributed by atoms with Gasteiger partial charge >= 0.3 is 12.2 Å². The van der Waals surface area contributed by atoms with Gasteiger partial charge in [-0.3, -0.25) is 24.0 Å². The summed E-state index contributed by atoms with van der Waals surface area (Å²) in [6.07, 6.45) is 6.40. The summed E-state index contributed by atoms with van der Waals surface area (Å²) in [6.45, 7) is 8.18. The van der Waals surface area contributed by atoms with Crippen molar-refractivity contribution in [3.63, 3.8) is 0 Å². The third kappa shape index (κ3) is 8.03. The number of allylic oxidation sites excluding steroid dienone is 1. The zero-order valence-electron chi connectivity index (χ0n) is 31.6. The standard InChI is InChI=1S/C39H52N4O9S2/c1-5-25-18-39(25,34(46)41-54(49,50)27-11-12-27)19-30(44)29-17-26-21-43(29)33(45)32(37(2,3)4)40-35(47)51-23-38(14-15-38)13-6-7-16-53-31-10-8-9-24-20-42(22-28(24)31)36(48)52-26/h6-10,25-27,29,32H,5,11-23H2,1-4H3,(H,40,47)(H,41,46)/b7-6+/t25-,26+,29?,32+,39-/m0/s1. The van der Waals surface area contributed by atoms with Crippen LogP contribution < -0.4 is 10.0 Å². The summed E-state index contributed by atoms with van der Waals surface area (Å²) >= 11 is 1.70. The van der Waals surface area contributed by atoms with Crippen molar-refractivity contribution < 1.29 is 41.9 Å². The largest absolute Gasteiger partial charge is 0.449 e. The van der Waals surface area contributed by atoms with Crippen LogP contribution in [0.25, 0.3) is 0 Å². The Kier molecular flexibility index (Phi) is 10.4. The number of nitrogens with zero attached hydrogens (tertiary/aromatic N) is 2. The topological polar surface area (TPSA) is 168 Å². The Labute approximate surface area is 321 Å². The predicted molar refractivity (Wildman–Crippen MR) is 200 cm³/mol. The smallest absolute Gasteiger partial charge is 0.410 e. The number of hydrogen-bond donors (Lipinski definition) is 2. The van der Waals surface area contributed by atoms with E-state index in [-0.39, 0.29) is 37.3 Å². The maximum Gasteiger partial charge on any atom is 0.410 e. The molecule has 1 aromatic rings. The Morgan fingerprint density at radius 1 is 1.09 bits per heavy atom. The molecule has 5 atom stereocenters. The highest BCUT2D eigenvalue weighted by molar-refractivity contribution is 7.99. The number of rotatable bonds is 7. The highest BCUT2D eigenvalue weighted by atomic mass is 32.2. The first-order valence-electron chi connectivity index (χ1n) is 19.2. The fourth-order valence-corrected chi connectivity index (χ4v) is 10.6. The van der Waals surface area contributed by atoms with E-state index in [2.05, 4.69) is 28.3 Å². The fourth-order valence-electron chi connectivity index (χ4n) is 8.23. The van der Waals surface area contributed by atoms with Crippen molar-refractivity contribution in [2.75, 3.05) is 18.9 Å². The number of sulfonamides is 1. The quantitative estimate of drug-likeness (QED) is 0.357. The minimum atomic E-state index is -3.84. The lowest BCUT2D eigenvalue weighted by Crippen LogP contribution is -2.57. The highest BCUT2D eigenvalue weighted by Gasteiger charge is 2.62. The van der Waals surface area contributed by atoms with Crippen molar-refractivity contribution >= 4 is 51.6 Å². The van der Waals surface area contributed by atoms with E-state index in [1.54, 1.807) is 16.7 Å². The van der Waals surface area contributed by atoms with Gasteiger partial charge in [-0.25, -0.2) is 18.0 Å². The van der Waals surface area contributed by atoms with Crippen LogP contribution in [-0.4, -0.2) is 90.3 Å². The number of benzene rings is 1. The molecule has 0 radical (unpaired) electrons. The second-order valence-corrected chi connectivity index (χ2v) is 20.3. The van der Waals surface area contributed by atoms with E-state index in [4.69, 9.17) is 9.47 Å². The molecule has 6 aliphatic rings. The Hall–Kier alpha value is -3.59. The molecule has 3 aliphatic heterocycles. The average molecular weight is 785 g/mol. The van der Waals surface area contributed by atoms with Crippen molar-refractivity contribution in [2.24, 2.45) is 22.2 Å². The molecule has 15 heteroatoms. The van der Waals surface area contributed by atoms with Gasteiger partial charge < -0.3 is 19.7 Å². The first-order chi connectivity index (χ1) is 25.5. The van der Waals surface area contributed by atoms with Gasteiger partial charge in [-0.15, -0.1) is 11.8 Å². The Morgan fingerprint density at radius 3 is 2.52 bits per heavy atom. The number of carbonyl (C=O) groups is 5. The molecule has 7 rings (SSSR count). The number of ether oxygens (including phenoxy) is 2. The molecule has 1 unspecified atom stereocenters.